The van der Waals surface area contributed by atoms with Crippen molar-refractivity contribution < 1.29 is 14.6 Å². The molecule has 0 fully saturated rings. The van der Waals surface area contributed by atoms with Crippen molar-refractivity contribution in [2.75, 3.05) is 13.1 Å². The Morgan fingerprint density at radius 1 is 1.33 bits per heavy atom. The minimum absolute atomic E-state index is 0.0619. The zero-order chi connectivity index (χ0) is 15.2. The van der Waals surface area contributed by atoms with Gasteiger partial charge in [-0.1, -0.05) is 10.7 Å². The fourth-order valence-corrected chi connectivity index (χ4v) is 2.50. The third kappa shape index (κ3) is 3.66. The van der Waals surface area contributed by atoms with E-state index in [1.807, 2.05) is 19.2 Å². The number of rotatable bonds is 5. The Morgan fingerprint density at radius 2 is 2.10 bits per heavy atom. The summed E-state index contributed by atoms with van der Waals surface area (Å²) >= 11 is 1.34. The summed E-state index contributed by atoms with van der Waals surface area (Å²) in [5.74, 6) is -0.379. The van der Waals surface area contributed by atoms with E-state index in [9.17, 15) is 9.90 Å². The maximum absolute atomic E-state index is 12.3. The highest BCUT2D eigenvalue weighted by atomic mass is 32.1. The van der Waals surface area contributed by atoms with Gasteiger partial charge in [0.25, 0.3) is 5.91 Å². The molecule has 0 bridgehead atoms. The summed E-state index contributed by atoms with van der Waals surface area (Å²) in [6.07, 6.45) is 3.22. The van der Waals surface area contributed by atoms with Crippen molar-refractivity contribution in [3.63, 3.8) is 0 Å². The first-order valence-corrected chi connectivity index (χ1v) is 7.64. The van der Waals surface area contributed by atoms with Crippen molar-refractivity contribution in [2.45, 2.75) is 13.8 Å². The van der Waals surface area contributed by atoms with Crippen molar-refractivity contribution in [3.8, 4) is 0 Å². The highest BCUT2D eigenvalue weighted by molar-refractivity contribution is 7.11. The third-order valence-corrected chi connectivity index (χ3v) is 3.88. The van der Waals surface area contributed by atoms with E-state index in [0.29, 0.717) is 23.5 Å². The average Bonchev–Trinajstić information content (AvgIpc) is 3.03. The molecule has 0 aliphatic heterocycles. The van der Waals surface area contributed by atoms with Gasteiger partial charge in [-0.3, -0.25) is 4.79 Å². The fourth-order valence-electron chi connectivity index (χ4n) is 1.90. The minimum atomic E-state index is -0.317. The molecule has 0 unspecified atom stereocenters. The predicted octanol–water partition coefficient (Wildman–Crippen LogP) is 1.09. The van der Waals surface area contributed by atoms with Crippen LogP contribution in [-0.2, 0) is 0 Å². The Bertz CT molecular complexity index is 634. The van der Waals surface area contributed by atoms with Crippen LogP contribution in [0.3, 0.4) is 0 Å². The van der Waals surface area contributed by atoms with E-state index in [1.54, 1.807) is 41.6 Å². The molecule has 0 radical (unpaired) electrons. The van der Waals surface area contributed by atoms with Crippen LogP contribution in [0.1, 0.15) is 29.1 Å². The molecule has 0 spiro atoms. The maximum Gasteiger partial charge on any atom is 0.260 e. The van der Waals surface area contributed by atoms with Crippen LogP contribution in [0, 0.1) is 0 Å². The van der Waals surface area contributed by atoms with Crippen LogP contribution in [0.15, 0.2) is 47.1 Å². The van der Waals surface area contributed by atoms with Crippen LogP contribution in [0.4, 0.5) is 0 Å². The Labute approximate surface area is 127 Å². The van der Waals surface area contributed by atoms with Gasteiger partial charge >= 0.3 is 0 Å². The quantitative estimate of drug-likeness (QED) is 0.471. The lowest BCUT2D eigenvalue weighted by Gasteiger charge is -2.17. The number of thiophene rings is 1. The molecule has 2 heterocycles. The van der Waals surface area contributed by atoms with Gasteiger partial charge in [0.05, 0.1) is 5.90 Å². The number of amides is 1. The van der Waals surface area contributed by atoms with Crippen molar-refractivity contribution in [2.24, 2.45) is 5.10 Å². The highest BCUT2D eigenvalue weighted by Gasteiger charge is 2.15. The second-order valence-corrected chi connectivity index (χ2v) is 5.28. The number of pyridine rings is 1. The summed E-state index contributed by atoms with van der Waals surface area (Å²) in [4.78, 5) is 14.6. The van der Waals surface area contributed by atoms with Crippen LogP contribution in [0.2, 0.25) is 0 Å². The zero-order valence-corrected chi connectivity index (χ0v) is 12.8. The first kappa shape index (κ1) is 15.2. The van der Waals surface area contributed by atoms with E-state index >= 15 is 0 Å². The summed E-state index contributed by atoms with van der Waals surface area (Å²) in [6.45, 7) is 5.16. The molecule has 5 nitrogen and oxygen atoms in total. The number of carbonyl (C=O) groups excluding carboxylic acids is 1. The maximum atomic E-state index is 12.3. The monoisotopic (exact) mass is 303 g/mol. The average molecular weight is 303 g/mol. The third-order valence-electron chi connectivity index (χ3n) is 3.02. The van der Waals surface area contributed by atoms with Gasteiger partial charge in [0.1, 0.15) is 5.56 Å². The van der Waals surface area contributed by atoms with Crippen molar-refractivity contribution in [1.82, 2.24) is 4.90 Å². The van der Waals surface area contributed by atoms with Crippen LogP contribution >= 0.6 is 11.3 Å². The van der Waals surface area contributed by atoms with E-state index in [1.165, 1.54) is 16.0 Å². The van der Waals surface area contributed by atoms with Crippen LogP contribution in [-0.4, -0.2) is 29.8 Å². The minimum Gasteiger partial charge on any atom is -0.854 e. The van der Waals surface area contributed by atoms with Gasteiger partial charge in [-0.15, -0.1) is 11.3 Å². The van der Waals surface area contributed by atoms with Crippen LogP contribution in [0.5, 0.6) is 0 Å². The van der Waals surface area contributed by atoms with E-state index in [2.05, 4.69) is 5.10 Å². The van der Waals surface area contributed by atoms with Gasteiger partial charge in [-0.05, 0) is 36.5 Å². The van der Waals surface area contributed by atoms with Gasteiger partial charge in [-0.2, -0.15) is 0 Å². The largest absolute Gasteiger partial charge is 0.854 e. The number of hydrogen-bond acceptors (Lipinski definition) is 4. The molecule has 0 aromatic carbocycles. The van der Waals surface area contributed by atoms with Crippen LogP contribution in [0.25, 0.3) is 0 Å². The lowest BCUT2D eigenvalue weighted by atomic mass is 10.2. The summed E-state index contributed by atoms with van der Waals surface area (Å²) in [5.41, 5.74) is 0.518. The lowest BCUT2D eigenvalue weighted by Crippen LogP contribution is -2.36. The Kier molecular flexibility index (Phi) is 5.05. The Morgan fingerprint density at radius 3 is 2.71 bits per heavy atom. The van der Waals surface area contributed by atoms with E-state index in [-0.39, 0.29) is 11.8 Å². The zero-order valence-electron chi connectivity index (χ0n) is 12.0. The molecule has 110 valence electrons. The smallest absolute Gasteiger partial charge is 0.260 e. The molecular formula is C15H17N3O2S. The van der Waals surface area contributed by atoms with E-state index < -0.39 is 0 Å². The summed E-state index contributed by atoms with van der Waals surface area (Å²) in [6, 6.07) is 6.96. The standard InChI is InChI=1S/C15H17N3O2S/c1-3-17(4-2)15(20)12-7-5-9-18(11-12)16-14(19)13-8-6-10-21-13/h5-11H,3-4H2,1-2H3. The predicted molar refractivity (Wildman–Crippen MR) is 80.1 cm³/mol. The van der Waals surface area contributed by atoms with E-state index in [0.717, 1.165) is 0 Å². The Balaban J connectivity index is 2.26. The van der Waals surface area contributed by atoms with Gasteiger partial charge < -0.3 is 10.0 Å². The topological polar surface area (TPSA) is 59.6 Å². The molecule has 21 heavy (non-hydrogen) atoms. The molecular weight excluding hydrogens is 286 g/mol. The molecule has 2 aromatic rings. The first-order valence-electron chi connectivity index (χ1n) is 6.76. The molecule has 0 aliphatic rings. The van der Waals surface area contributed by atoms with Crippen molar-refractivity contribution >= 4 is 23.1 Å². The highest BCUT2D eigenvalue weighted by Crippen LogP contribution is 2.07. The normalized spacial score (nSPS) is 11.4. The summed E-state index contributed by atoms with van der Waals surface area (Å²) in [7, 11) is 0. The molecule has 0 N–H and O–H groups in total. The second kappa shape index (κ2) is 6.99. The Hall–Kier alpha value is -2.21. The number of hydrogen-bond donors (Lipinski definition) is 0. The fraction of sp³-hybridized carbons (Fsp3) is 0.267. The molecule has 0 saturated carbocycles. The molecule has 0 saturated heterocycles. The molecule has 1 amide bonds. The van der Waals surface area contributed by atoms with Crippen molar-refractivity contribution in [3.05, 3.63) is 52.5 Å². The summed E-state index contributed by atoms with van der Waals surface area (Å²) < 4.78 is 1.39. The molecule has 2 aromatic heterocycles. The van der Waals surface area contributed by atoms with Gasteiger partial charge in [-0.25, -0.2) is 0 Å². The number of carbonyl (C=O) groups is 1. The van der Waals surface area contributed by atoms with Gasteiger partial charge in [0.15, 0.2) is 0 Å². The summed E-state index contributed by atoms with van der Waals surface area (Å²) in [5, 5.41) is 17.7. The van der Waals surface area contributed by atoms with Gasteiger partial charge in [0, 0.05) is 24.0 Å². The lowest BCUT2D eigenvalue weighted by molar-refractivity contribution is -0.681. The van der Waals surface area contributed by atoms with Gasteiger partial charge in [0.2, 0.25) is 12.4 Å². The number of aromatic nitrogens is 1. The molecule has 0 aliphatic carbocycles. The molecule has 0 atom stereocenters. The number of nitrogens with zero attached hydrogens (tertiary/aromatic N) is 3. The molecule has 2 rings (SSSR count). The first-order chi connectivity index (χ1) is 10.2. The SMILES string of the molecule is CCN(CC)C(=O)c1ccc[n+](/N=C(\[O-])c2cccs2)c1. The van der Waals surface area contributed by atoms with Crippen LogP contribution < -0.4 is 9.78 Å². The second-order valence-electron chi connectivity index (χ2n) is 4.33. The van der Waals surface area contributed by atoms with Crippen molar-refractivity contribution in [1.29, 1.82) is 0 Å². The van der Waals surface area contributed by atoms with E-state index in [4.69, 9.17) is 0 Å². The molecule has 6 heteroatoms.